The molecule has 2 aromatic rings. The van der Waals surface area contributed by atoms with E-state index in [1.807, 2.05) is 62.0 Å². The van der Waals surface area contributed by atoms with Crippen molar-refractivity contribution in [2.24, 2.45) is 11.1 Å². The van der Waals surface area contributed by atoms with Gasteiger partial charge in [-0.1, -0.05) is 26.0 Å². The summed E-state index contributed by atoms with van der Waals surface area (Å²) in [6, 6.07) is 9.65. The summed E-state index contributed by atoms with van der Waals surface area (Å²) in [5, 5.41) is 7.14. The molecule has 0 aliphatic heterocycles. The van der Waals surface area contributed by atoms with Gasteiger partial charge in [-0.25, -0.2) is 0 Å². The Morgan fingerprint density at radius 1 is 1.40 bits per heavy atom. The third-order valence-electron chi connectivity index (χ3n) is 5.35. The van der Waals surface area contributed by atoms with E-state index in [9.17, 15) is 4.79 Å². The minimum Gasteiger partial charge on any atom is -0.378 e. The Morgan fingerprint density at radius 2 is 2.12 bits per heavy atom. The van der Waals surface area contributed by atoms with Crippen LogP contribution in [-0.2, 0) is 16.1 Å². The molecule has 2 atom stereocenters. The molecule has 1 aromatic carbocycles. The van der Waals surface area contributed by atoms with E-state index in [-0.39, 0.29) is 12.0 Å². The molecule has 0 saturated heterocycles. The van der Waals surface area contributed by atoms with Crippen LogP contribution in [0.25, 0.3) is 0 Å². The number of anilines is 1. The predicted molar refractivity (Wildman–Crippen MR) is 97.1 cm³/mol. The molecule has 1 aromatic heterocycles. The van der Waals surface area contributed by atoms with Crippen molar-refractivity contribution in [2.75, 3.05) is 11.9 Å². The number of benzene rings is 1. The number of ether oxygens (including phenoxy) is 1. The summed E-state index contributed by atoms with van der Waals surface area (Å²) in [4.78, 5) is 12.7. The molecule has 1 saturated carbocycles. The van der Waals surface area contributed by atoms with Crippen LogP contribution in [0.4, 0.5) is 5.69 Å². The SMILES string of the molecule is CCOC1CC(N)(C(=O)Nc2ccc(Cn3cccn3)cc2)C1(C)C. The fraction of sp³-hybridized carbons (Fsp3) is 0.474. The number of aromatic nitrogens is 2. The van der Waals surface area contributed by atoms with E-state index < -0.39 is 11.0 Å². The number of nitrogens with zero attached hydrogens (tertiary/aromatic N) is 2. The second-order valence-corrected chi connectivity index (χ2v) is 7.20. The molecule has 1 aliphatic carbocycles. The summed E-state index contributed by atoms with van der Waals surface area (Å²) in [5.74, 6) is -0.159. The summed E-state index contributed by atoms with van der Waals surface area (Å²) >= 11 is 0. The monoisotopic (exact) mass is 342 g/mol. The van der Waals surface area contributed by atoms with Crippen molar-refractivity contribution in [3.05, 3.63) is 48.3 Å². The Labute approximate surface area is 148 Å². The Hall–Kier alpha value is -2.18. The average Bonchev–Trinajstić information content (AvgIpc) is 3.09. The van der Waals surface area contributed by atoms with E-state index in [1.165, 1.54) is 0 Å². The molecular formula is C19H26N4O2. The quantitative estimate of drug-likeness (QED) is 0.844. The van der Waals surface area contributed by atoms with Crippen LogP contribution in [0.2, 0.25) is 0 Å². The highest BCUT2D eigenvalue weighted by molar-refractivity contribution is 5.99. The van der Waals surface area contributed by atoms with Gasteiger partial charge >= 0.3 is 0 Å². The number of hydrogen-bond donors (Lipinski definition) is 2. The van der Waals surface area contributed by atoms with Crippen molar-refractivity contribution >= 4 is 11.6 Å². The van der Waals surface area contributed by atoms with Gasteiger partial charge in [0.2, 0.25) is 5.91 Å². The fourth-order valence-electron chi connectivity index (χ4n) is 3.34. The second kappa shape index (κ2) is 6.61. The first-order chi connectivity index (χ1) is 11.9. The molecule has 3 rings (SSSR count). The lowest BCUT2D eigenvalue weighted by atomic mass is 9.54. The molecule has 0 spiro atoms. The molecule has 6 nitrogen and oxygen atoms in total. The summed E-state index contributed by atoms with van der Waals surface area (Å²) in [6.45, 7) is 7.26. The van der Waals surface area contributed by atoms with E-state index in [1.54, 1.807) is 6.20 Å². The molecule has 1 heterocycles. The van der Waals surface area contributed by atoms with Crippen molar-refractivity contribution < 1.29 is 9.53 Å². The first kappa shape index (κ1) is 17.6. The number of rotatable bonds is 6. The Bertz CT molecular complexity index is 724. The van der Waals surface area contributed by atoms with Gasteiger partial charge in [0.15, 0.2) is 0 Å². The number of nitrogens with two attached hydrogens (primary N) is 1. The van der Waals surface area contributed by atoms with Crippen molar-refractivity contribution in [3.8, 4) is 0 Å². The average molecular weight is 342 g/mol. The molecule has 1 amide bonds. The molecule has 1 aliphatic rings. The van der Waals surface area contributed by atoms with E-state index >= 15 is 0 Å². The number of carbonyl (C=O) groups is 1. The van der Waals surface area contributed by atoms with Gasteiger partial charge in [0.05, 0.1) is 12.6 Å². The van der Waals surface area contributed by atoms with Crippen LogP contribution in [0.3, 0.4) is 0 Å². The topological polar surface area (TPSA) is 82.2 Å². The predicted octanol–water partition coefficient (Wildman–Crippen LogP) is 2.40. The van der Waals surface area contributed by atoms with E-state index in [0.717, 1.165) is 11.3 Å². The smallest absolute Gasteiger partial charge is 0.245 e. The molecule has 134 valence electrons. The number of hydrogen-bond acceptors (Lipinski definition) is 4. The highest BCUT2D eigenvalue weighted by atomic mass is 16.5. The Balaban J connectivity index is 1.63. The van der Waals surface area contributed by atoms with E-state index in [4.69, 9.17) is 10.5 Å². The molecule has 0 bridgehead atoms. The van der Waals surface area contributed by atoms with Gasteiger partial charge in [-0.15, -0.1) is 0 Å². The standard InChI is InChI=1S/C19H26N4O2/c1-4-25-16-12-19(20,18(16,2)3)17(24)22-15-8-6-14(7-9-15)13-23-11-5-10-21-23/h5-11,16H,4,12-13,20H2,1-3H3,(H,22,24). The van der Waals surface area contributed by atoms with Crippen molar-refractivity contribution in [1.82, 2.24) is 9.78 Å². The van der Waals surface area contributed by atoms with Crippen LogP contribution in [-0.4, -0.2) is 33.9 Å². The molecule has 1 fully saturated rings. The first-order valence-corrected chi connectivity index (χ1v) is 8.65. The minimum atomic E-state index is -0.916. The molecular weight excluding hydrogens is 316 g/mol. The molecule has 0 radical (unpaired) electrons. The maximum atomic E-state index is 12.7. The molecule has 2 unspecified atom stereocenters. The number of carbonyl (C=O) groups excluding carboxylic acids is 1. The maximum Gasteiger partial charge on any atom is 0.245 e. The van der Waals surface area contributed by atoms with Crippen LogP contribution in [0, 0.1) is 5.41 Å². The zero-order chi connectivity index (χ0) is 18.1. The highest BCUT2D eigenvalue weighted by Gasteiger charge is 2.62. The van der Waals surface area contributed by atoms with E-state index in [0.29, 0.717) is 19.6 Å². The summed E-state index contributed by atoms with van der Waals surface area (Å²) in [7, 11) is 0. The van der Waals surface area contributed by atoms with Crippen LogP contribution in [0.15, 0.2) is 42.7 Å². The zero-order valence-electron chi connectivity index (χ0n) is 15.0. The number of amides is 1. The lowest BCUT2D eigenvalue weighted by Gasteiger charge is -2.57. The van der Waals surface area contributed by atoms with Gasteiger partial charge in [-0.2, -0.15) is 5.10 Å². The van der Waals surface area contributed by atoms with Crippen LogP contribution < -0.4 is 11.1 Å². The summed E-state index contributed by atoms with van der Waals surface area (Å²) in [5.41, 5.74) is 6.96. The molecule has 25 heavy (non-hydrogen) atoms. The van der Waals surface area contributed by atoms with Crippen molar-refractivity contribution in [3.63, 3.8) is 0 Å². The van der Waals surface area contributed by atoms with Gasteiger partial charge in [0, 0.05) is 36.5 Å². The third kappa shape index (κ3) is 3.19. The number of nitrogens with one attached hydrogen (secondary N) is 1. The van der Waals surface area contributed by atoms with Crippen molar-refractivity contribution in [1.29, 1.82) is 0 Å². The van der Waals surface area contributed by atoms with Gasteiger partial charge in [0.25, 0.3) is 0 Å². The normalized spacial score (nSPS) is 24.6. The zero-order valence-corrected chi connectivity index (χ0v) is 15.0. The first-order valence-electron chi connectivity index (χ1n) is 8.65. The van der Waals surface area contributed by atoms with Crippen LogP contribution in [0.1, 0.15) is 32.8 Å². The maximum absolute atomic E-state index is 12.7. The summed E-state index contributed by atoms with van der Waals surface area (Å²) < 4.78 is 7.54. The largest absolute Gasteiger partial charge is 0.378 e. The van der Waals surface area contributed by atoms with Crippen LogP contribution in [0.5, 0.6) is 0 Å². The fourth-order valence-corrected chi connectivity index (χ4v) is 3.34. The van der Waals surface area contributed by atoms with Gasteiger partial charge < -0.3 is 15.8 Å². The second-order valence-electron chi connectivity index (χ2n) is 7.20. The van der Waals surface area contributed by atoms with Gasteiger partial charge in [0.1, 0.15) is 5.54 Å². The van der Waals surface area contributed by atoms with E-state index in [2.05, 4.69) is 10.4 Å². The minimum absolute atomic E-state index is 0.0182. The van der Waals surface area contributed by atoms with Gasteiger partial charge in [-0.05, 0) is 30.7 Å². The lowest BCUT2D eigenvalue weighted by molar-refractivity contribution is -0.166. The molecule has 6 heteroatoms. The van der Waals surface area contributed by atoms with Crippen molar-refractivity contribution in [2.45, 2.75) is 45.4 Å². The molecule has 3 N–H and O–H groups in total. The van der Waals surface area contributed by atoms with Gasteiger partial charge in [-0.3, -0.25) is 9.48 Å². The Morgan fingerprint density at radius 3 is 2.68 bits per heavy atom. The Kier molecular flexibility index (Phi) is 4.67. The van der Waals surface area contributed by atoms with Crippen LogP contribution >= 0.6 is 0 Å². The third-order valence-corrected chi connectivity index (χ3v) is 5.35. The highest BCUT2D eigenvalue weighted by Crippen LogP contribution is 2.50. The summed E-state index contributed by atoms with van der Waals surface area (Å²) in [6.07, 6.45) is 4.23. The lowest BCUT2D eigenvalue weighted by Crippen LogP contribution is -2.74.